The minimum atomic E-state index is -0.255. The Morgan fingerprint density at radius 3 is 3.04 bits per heavy atom. The van der Waals surface area contributed by atoms with E-state index in [-0.39, 0.29) is 17.6 Å². The van der Waals surface area contributed by atoms with Gasteiger partial charge in [-0.25, -0.2) is 4.98 Å². The third-order valence-electron chi connectivity index (χ3n) is 4.87. The molecule has 2 saturated heterocycles. The fourth-order valence-corrected chi connectivity index (χ4v) is 4.16. The molecule has 7 nitrogen and oxygen atoms in total. The summed E-state index contributed by atoms with van der Waals surface area (Å²) in [6.45, 7) is 4.45. The molecule has 0 aliphatic carbocycles. The summed E-state index contributed by atoms with van der Waals surface area (Å²) in [5.41, 5.74) is 1.34. The molecule has 0 bridgehead atoms. The summed E-state index contributed by atoms with van der Waals surface area (Å²) in [6.07, 6.45) is 3.51. The number of hydrogen-bond donors (Lipinski definition) is 0. The van der Waals surface area contributed by atoms with Crippen molar-refractivity contribution in [3.63, 3.8) is 0 Å². The van der Waals surface area contributed by atoms with Gasteiger partial charge >= 0.3 is 0 Å². The predicted molar refractivity (Wildman–Crippen MR) is 92.5 cm³/mol. The minimum Gasteiger partial charge on any atom is -0.372 e. The van der Waals surface area contributed by atoms with Gasteiger partial charge < -0.3 is 14.4 Å². The number of rotatable bonds is 4. The number of ether oxygens (including phenoxy) is 2. The lowest BCUT2D eigenvalue weighted by molar-refractivity contribution is -0.188. The zero-order chi connectivity index (χ0) is 17.4. The van der Waals surface area contributed by atoms with Crippen LogP contribution in [0.4, 0.5) is 0 Å². The molecule has 2 aromatic rings. The number of amides is 1. The van der Waals surface area contributed by atoms with E-state index in [0.29, 0.717) is 32.0 Å². The van der Waals surface area contributed by atoms with Gasteiger partial charge in [0.05, 0.1) is 36.5 Å². The summed E-state index contributed by atoms with van der Waals surface area (Å²) >= 11 is 1.64. The first kappa shape index (κ1) is 16.7. The molecule has 2 aromatic heterocycles. The molecule has 1 spiro atoms. The standard InChI is InChI=1S/C17H22N4O3S/c1-12-19-13(9-25-12)8-23-14-4-6-24-17(7-14)10-21(11-17)16(22)15-3-5-18-20(15)2/h3,5,9,14H,4,6-8,10-11H2,1-2H3/t14-/m0/s1. The first-order valence-corrected chi connectivity index (χ1v) is 9.36. The van der Waals surface area contributed by atoms with E-state index in [9.17, 15) is 4.79 Å². The van der Waals surface area contributed by atoms with Crippen LogP contribution in [0.3, 0.4) is 0 Å². The Bertz CT molecular complexity index is 766. The Kier molecular flexibility index (Phi) is 4.35. The van der Waals surface area contributed by atoms with Gasteiger partial charge in [-0.2, -0.15) is 5.10 Å². The Morgan fingerprint density at radius 2 is 2.36 bits per heavy atom. The number of nitrogens with zero attached hydrogens (tertiary/aromatic N) is 4. The average molecular weight is 362 g/mol. The van der Waals surface area contributed by atoms with Gasteiger partial charge in [0.15, 0.2) is 0 Å². The van der Waals surface area contributed by atoms with E-state index in [1.165, 1.54) is 0 Å². The molecule has 2 aliphatic rings. The fourth-order valence-electron chi connectivity index (χ4n) is 3.56. The smallest absolute Gasteiger partial charge is 0.272 e. The summed E-state index contributed by atoms with van der Waals surface area (Å²) in [5, 5.41) is 7.17. The molecular weight excluding hydrogens is 340 g/mol. The normalized spacial score (nSPS) is 22.2. The first-order chi connectivity index (χ1) is 12.0. The lowest BCUT2D eigenvalue weighted by Gasteiger charge is -2.52. The molecule has 1 amide bonds. The summed E-state index contributed by atoms with van der Waals surface area (Å²) in [4.78, 5) is 18.8. The van der Waals surface area contributed by atoms with Gasteiger partial charge in [-0.15, -0.1) is 11.3 Å². The predicted octanol–water partition coefficient (Wildman–Crippen LogP) is 1.78. The van der Waals surface area contributed by atoms with Crippen LogP contribution >= 0.6 is 11.3 Å². The van der Waals surface area contributed by atoms with Crippen LogP contribution in [0, 0.1) is 6.92 Å². The molecule has 0 aromatic carbocycles. The van der Waals surface area contributed by atoms with Gasteiger partial charge in [0.1, 0.15) is 11.3 Å². The number of thiazole rings is 1. The molecule has 0 unspecified atom stereocenters. The van der Waals surface area contributed by atoms with Crippen LogP contribution in [0.2, 0.25) is 0 Å². The number of aryl methyl sites for hydroxylation is 2. The van der Waals surface area contributed by atoms with Crippen molar-refractivity contribution in [2.24, 2.45) is 7.05 Å². The van der Waals surface area contributed by atoms with Crippen molar-refractivity contribution < 1.29 is 14.3 Å². The topological polar surface area (TPSA) is 69.5 Å². The number of carbonyl (C=O) groups is 1. The summed E-state index contributed by atoms with van der Waals surface area (Å²) < 4.78 is 13.7. The molecule has 4 rings (SSSR count). The maximum Gasteiger partial charge on any atom is 0.272 e. The Balaban J connectivity index is 1.31. The van der Waals surface area contributed by atoms with Gasteiger partial charge in [-0.05, 0) is 19.4 Å². The van der Waals surface area contributed by atoms with Crippen LogP contribution in [0.15, 0.2) is 17.6 Å². The van der Waals surface area contributed by atoms with Crippen molar-refractivity contribution in [3.05, 3.63) is 34.0 Å². The summed E-state index contributed by atoms with van der Waals surface area (Å²) in [5.74, 6) is 0.00946. The molecule has 0 radical (unpaired) electrons. The van der Waals surface area contributed by atoms with Crippen LogP contribution in [0.25, 0.3) is 0 Å². The lowest BCUT2D eigenvalue weighted by atomic mass is 9.84. The minimum absolute atomic E-state index is 0.00946. The van der Waals surface area contributed by atoms with E-state index in [1.807, 2.05) is 17.2 Å². The van der Waals surface area contributed by atoms with E-state index in [2.05, 4.69) is 10.1 Å². The number of likely N-dealkylation sites (tertiary alicyclic amines) is 1. The lowest BCUT2D eigenvalue weighted by Crippen LogP contribution is -2.67. The molecule has 0 saturated carbocycles. The van der Waals surface area contributed by atoms with E-state index in [1.54, 1.807) is 35.3 Å². The zero-order valence-corrected chi connectivity index (χ0v) is 15.3. The van der Waals surface area contributed by atoms with Crippen molar-refractivity contribution in [2.75, 3.05) is 19.7 Å². The van der Waals surface area contributed by atoms with Gasteiger partial charge in [0.2, 0.25) is 0 Å². The van der Waals surface area contributed by atoms with Crippen LogP contribution in [0.1, 0.15) is 34.0 Å². The second-order valence-electron chi connectivity index (χ2n) is 6.82. The molecule has 1 atom stereocenters. The van der Waals surface area contributed by atoms with Gasteiger partial charge in [0, 0.05) is 31.7 Å². The fraction of sp³-hybridized carbons (Fsp3) is 0.588. The Labute approximate surface area is 150 Å². The molecule has 8 heteroatoms. The highest BCUT2D eigenvalue weighted by Crippen LogP contribution is 2.36. The molecule has 25 heavy (non-hydrogen) atoms. The van der Waals surface area contributed by atoms with Crippen LogP contribution in [-0.4, -0.2) is 57.0 Å². The van der Waals surface area contributed by atoms with Crippen LogP contribution in [-0.2, 0) is 23.1 Å². The summed E-state index contributed by atoms with van der Waals surface area (Å²) in [7, 11) is 1.78. The molecule has 4 heterocycles. The number of hydrogen-bond acceptors (Lipinski definition) is 6. The largest absolute Gasteiger partial charge is 0.372 e. The van der Waals surface area contributed by atoms with Crippen molar-refractivity contribution in [2.45, 2.75) is 38.1 Å². The Morgan fingerprint density at radius 1 is 1.52 bits per heavy atom. The van der Waals surface area contributed by atoms with E-state index in [4.69, 9.17) is 9.47 Å². The quantitative estimate of drug-likeness (QED) is 0.829. The van der Waals surface area contributed by atoms with E-state index in [0.717, 1.165) is 23.5 Å². The van der Waals surface area contributed by atoms with Crippen LogP contribution < -0.4 is 0 Å². The van der Waals surface area contributed by atoms with Gasteiger partial charge in [-0.1, -0.05) is 0 Å². The molecule has 2 aliphatic heterocycles. The maximum atomic E-state index is 12.5. The van der Waals surface area contributed by atoms with E-state index >= 15 is 0 Å². The number of aromatic nitrogens is 3. The SMILES string of the molecule is Cc1nc(CO[C@H]2CCOC3(C2)CN(C(=O)c2ccnn2C)C3)cs1. The average Bonchev–Trinajstić information content (AvgIpc) is 3.18. The highest BCUT2D eigenvalue weighted by molar-refractivity contribution is 7.09. The van der Waals surface area contributed by atoms with Gasteiger partial charge in [-0.3, -0.25) is 9.48 Å². The first-order valence-electron chi connectivity index (χ1n) is 8.48. The van der Waals surface area contributed by atoms with Crippen molar-refractivity contribution >= 4 is 17.2 Å². The molecule has 134 valence electrons. The third kappa shape index (κ3) is 3.33. The van der Waals surface area contributed by atoms with E-state index < -0.39 is 0 Å². The van der Waals surface area contributed by atoms with Gasteiger partial charge in [0.25, 0.3) is 5.91 Å². The maximum absolute atomic E-state index is 12.5. The van der Waals surface area contributed by atoms with Crippen LogP contribution in [0.5, 0.6) is 0 Å². The number of carbonyl (C=O) groups excluding carboxylic acids is 1. The second-order valence-corrected chi connectivity index (χ2v) is 7.88. The Hall–Kier alpha value is -1.77. The zero-order valence-electron chi connectivity index (χ0n) is 14.5. The molecule has 0 N–H and O–H groups in total. The second kappa shape index (κ2) is 6.51. The van der Waals surface area contributed by atoms with Crippen molar-refractivity contribution in [1.82, 2.24) is 19.7 Å². The van der Waals surface area contributed by atoms with Crippen molar-refractivity contribution in [1.29, 1.82) is 0 Å². The summed E-state index contributed by atoms with van der Waals surface area (Å²) in [6, 6.07) is 1.75. The monoisotopic (exact) mass is 362 g/mol. The molecule has 2 fully saturated rings. The third-order valence-corrected chi connectivity index (χ3v) is 5.69. The highest BCUT2D eigenvalue weighted by atomic mass is 32.1. The highest BCUT2D eigenvalue weighted by Gasteiger charge is 2.50. The molecular formula is C17H22N4O3S. The van der Waals surface area contributed by atoms with Crippen molar-refractivity contribution in [3.8, 4) is 0 Å².